The minimum atomic E-state index is -0.989. The van der Waals surface area contributed by atoms with Crippen LogP contribution in [-0.2, 0) is 16.0 Å². The molecule has 1 atom stereocenters. The molecule has 8 nitrogen and oxygen atoms in total. The Morgan fingerprint density at radius 3 is 2.43 bits per heavy atom. The highest BCUT2D eigenvalue weighted by Crippen LogP contribution is 2.28. The highest BCUT2D eigenvalue weighted by Gasteiger charge is 2.20. The first-order chi connectivity index (χ1) is 13.4. The highest BCUT2D eigenvalue weighted by molar-refractivity contribution is 5.95. The Morgan fingerprint density at radius 1 is 1.11 bits per heavy atom. The fourth-order valence-corrected chi connectivity index (χ4v) is 2.54. The zero-order chi connectivity index (χ0) is 20.5. The van der Waals surface area contributed by atoms with E-state index in [1.807, 2.05) is 30.3 Å². The van der Waals surface area contributed by atoms with Crippen molar-refractivity contribution in [1.82, 2.24) is 5.32 Å². The molecule has 2 aromatic rings. The van der Waals surface area contributed by atoms with Gasteiger partial charge in [0.05, 0.1) is 13.0 Å². The normalized spacial score (nSPS) is 11.3. The molecular formula is C20H22N2O6. The second-order valence-electron chi connectivity index (χ2n) is 6.06. The molecule has 2 rings (SSSR count). The van der Waals surface area contributed by atoms with E-state index in [0.717, 1.165) is 5.56 Å². The summed E-state index contributed by atoms with van der Waals surface area (Å²) >= 11 is 0. The molecule has 0 aliphatic rings. The zero-order valence-electron chi connectivity index (χ0n) is 15.4. The summed E-state index contributed by atoms with van der Waals surface area (Å²) in [7, 11) is 1.40. The van der Waals surface area contributed by atoms with Crippen molar-refractivity contribution in [1.29, 1.82) is 0 Å². The van der Waals surface area contributed by atoms with E-state index < -0.39 is 23.7 Å². The van der Waals surface area contributed by atoms with Crippen LogP contribution in [0.5, 0.6) is 11.5 Å². The molecule has 0 spiro atoms. The number of carboxylic acids is 1. The Balaban J connectivity index is 2.02. The van der Waals surface area contributed by atoms with Crippen LogP contribution in [0.25, 0.3) is 0 Å². The predicted octanol–water partition coefficient (Wildman–Crippen LogP) is 1.23. The van der Waals surface area contributed by atoms with E-state index in [2.05, 4.69) is 5.32 Å². The quantitative estimate of drug-likeness (QED) is 0.563. The maximum atomic E-state index is 12.4. The van der Waals surface area contributed by atoms with Crippen molar-refractivity contribution >= 4 is 17.8 Å². The Morgan fingerprint density at radius 2 is 1.82 bits per heavy atom. The average Bonchev–Trinajstić information content (AvgIpc) is 2.69. The van der Waals surface area contributed by atoms with Crippen LogP contribution in [0.3, 0.4) is 0 Å². The summed E-state index contributed by atoms with van der Waals surface area (Å²) in [4.78, 5) is 34.7. The van der Waals surface area contributed by atoms with E-state index >= 15 is 0 Å². The summed E-state index contributed by atoms with van der Waals surface area (Å²) in [6.07, 6.45) is 0.305. The maximum absolute atomic E-state index is 12.4. The third-order valence-electron chi connectivity index (χ3n) is 3.98. The topological polar surface area (TPSA) is 128 Å². The molecule has 0 fully saturated rings. The van der Waals surface area contributed by atoms with Crippen molar-refractivity contribution < 1.29 is 29.0 Å². The number of carbonyl (C=O) groups excluding carboxylic acids is 2. The van der Waals surface area contributed by atoms with E-state index in [4.69, 9.17) is 15.2 Å². The molecule has 1 unspecified atom stereocenters. The highest BCUT2D eigenvalue weighted by atomic mass is 16.5. The molecule has 0 aliphatic heterocycles. The summed E-state index contributed by atoms with van der Waals surface area (Å²) in [5, 5.41) is 12.0. The Labute approximate surface area is 162 Å². The van der Waals surface area contributed by atoms with Gasteiger partial charge < -0.3 is 25.6 Å². The second kappa shape index (κ2) is 9.96. The predicted molar refractivity (Wildman–Crippen MR) is 101 cm³/mol. The van der Waals surface area contributed by atoms with E-state index in [-0.39, 0.29) is 30.2 Å². The molecular weight excluding hydrogens is 364 g/mol. The number of carbonyl (C=O) groups is 3. The van der Waals surface area contributed by atoms with Crippen LogP contribution in [0.15, 0.2) is 48.5 Å². The van der Waals surface area contributed by atoms with Crippen LogP contribution in [-0.4, -0.2) is 43.2 Å². The van der Waals surface area contributed by atoms with E-state index in [1.54, 1.807) is 0 Å². The summed E-state index contributed by atoms with van der Waals surface area (Å²) in [5.74, 6) is -2.30. The number of rotatable bonds is 10. The van der Waals surface area contributed by atoms with Gasteiger partial charge in [-0.1, -0.05) is 30.3 Å². The maximum Gasteiger partial charge on any atom is 0.308 e. The van der Waals surface area contributed by atoms with Gasteiger partial charge in [0.25, 0.3) is 11.8 Å². The lowest BCUT2D eigenvalue weighted by molar-refractivity contribution is -0.141. The standard InChI is InChI=1S/C20H22N2O6/c1-27-17-10-14(7-8-16(17)28-12-18(21)23)19(24)22-11-15(20(25)26)9-13-5-3-2-4-6-13/h2-8,10,15H,9,11-12H2,1H3,(H2,21,23)(H,22,24)(H,25,26). The molecule has 0 saturated heterocycles. The first kappa shape index (κ1) is 20.8. The van der Waals surface area contributed by atoms with Crippen LogP contribution < -0.4 is 20.5 Å². The van der Waals surface area contributed by atoms with Crippen molar-refractivity contribution in [2.45, 2.75) is 6.42 Å². The third-order valence-corrected chi connectivity index (χ3v) is 3.98. The van der Waals surface area contributed by atoms with Crippen LogP contribution in [0, 0.1) is 5.92 Å². The number of aliphatic carboxylic acids is 1. The summed E-state index contributed by atoms with van der Waals surface area (Å²) < 4.78 is 10.4. The number of methoxy groups -OCH3 is 1. The van der Waals surface area contributed by atoms with Crippen LogP contribution in [0.2, 0.25) is 0 Å². The van der Waals surface area contributed by atoms with Crippen molar-refractivity contribution in [2.75, 3.05) is 20.3 Å². The first-order valence-corrected chi connectivity index (χ1v) is 8.54. The summed E-state index contributed by atoms with van der Waals surface area (Å²) in [6.45, 7) is -0.340. The molecule has 2 aromatic carbocycles. The summed E-state index contributed by atoms with van der Waals surface area (Å²) in [5.41, 5.74) is 6.19. The van der Waals surface area contributed by atoms with Gasteiger partial charge >= 0.3 is 5.97 Å². The number of hydrogen-bond donors (Lipinski definition) is 3. The molecule has 148 valence electrons. The number of hydrogen-bond acceptors (Lipinski definition) is 5. The smallest absolute Gasteiger partial charge is 0.308 e. The Bertz CT molecular complexity index is 838. The van der Waals surface area contributed by atoms with Gasteiger partial charge in [-0.05, 0) is 30.2 Å². The summed E-state index contributed by atoms with van der Waals surface area (Å²) in [6, 6.07) is 13.6. The Kier molecular flexibility index (Phi) is 7.38. The van der Waals surface area contributed by atoms with Crippen molar-refractivity contribution in [2.24, 2.45) is 11.7 Å². The molecule has 2 amide bonds. The fraction of sp³-hybridized carbons (Fsp3) is 0.250. The largest absolute Gasteiger partial charge is 0.493 e. The molecule has 0 aromatic heterocycles. The zero-order valence-corrected chi connectivity index (χ0v) is 15.4. The van der Waals surface area contributed by atoms with Gasteiger partial charge in [-0.25, -0.2) is 0 Å². The van der Waals surface area contributed by atoms with Gasteiger partial charge in [0, 0.05) is 12.1 Å². The van der Waals surface area contributed by atoms with E-state index in [0.29, 0.717) is 6.42 Å². The monoisotopic (exact) mass is 386 g/mol. The number of nitrogens with one attached hydrogen (secondary N) is 1. The molecule has 0 radical (unpaired) electrons. The number of amides is 2. The van der Waals surface area contributed by atoms with Gasteiger partial charge in [0.2, 0.25) is 0 Å². The molecule has 4 N–H and O–H groups in total. The average molecular weight is 386 g/mol. The van der Waals surface area contributed by atoms with Gasteiger partial charge in [-0.15, -0.1) is 0 Å². The lowest BCUT2D eigenvalue weighted by Crippen LogP contribution is -2.34. The number of ether oxygens (including phenoxy) is 2. The lowest BCUT2D eigenvalue weighted by atomic mass is 9.99. The van der Waals surface area contributed by atoms with E-state index in [9.17, 15) is 19.5 Å². The first-order valence-electron chi connectivity index (χ1n) is 8.54. The molecule has 8 heteroatoms. The number of benzene rings is 2. The van der Waals surface area contributed by atoms with Crippen molar-refractivity contribution in [3.63, 3.8) is 0 Å². The van der Waals surface area contributed by atoms with Crippen LogP contribution in [0.1, 0.15) is 15.9 Å². The minimum absolute atomic E-state index is 0.0225. The van der Waals surface area contributed by atoms with Gasteiger partial charge in [0.1, 0.15) is 0 Å². The molecule has 0 bridgehead atoms. The lowest BCUT2D eigenvalue weighted by Gasteiger charge is -2.15. The van der Waals surface area contributed by atoms with Crippen molar-refractivity contribution in [3.8, 4) is 11.5 Å². The van der Waals surface area contributed by atoms with Crippen molar-refractivity contribution in [3.05, 3.63) is 59.7 Å². The SMILES string of the molecule is COc1cc(C(=O)NCC(Cc2ccccc2)C(=O)O)ccc1OCC(N)=O. The van der Waals surface area contributed by atoms with E-state index in [1.165, 1.54) is 25.3 Å². The number of nitrogens with two attached hydrogens (primary N) is 1. The third kappa shape index (κ3) is 6.01. The molecule has 28 heavy (non-hydrogen) atoms. The molecule has 0 saturated carbocycles. The molecule has 0 aliphatic carbocycles. The minimum Gasteiger partial charge on any atom is -0.493 e. The van der Waals surface area contributed by atoms with Gasteiger partial charge in [-0.3, -0.25) is 14.4 Å². The molecule has 0 heterocycles. The van der Waals surface area contributed by atoms with Gasteiger partial charge in [-0.2, -0.15) is 0 Å². The van der Waals surface area contributed by atoms with Crippen LogP contribution in [0.4, 0.5) is 0 Å². The van der Waals surface area contributed by atoms with Crippen LogP contribution >= 0.6 is 0 Å². The Hall–Kier alpha value is -3.55. The second-order valence-corrected chi connectivity index (χ2v) is 6.06. The fourth-order valence-electron chi connectivity index (χ4n) is 2.54. The van der Waals surface area contributed by atoms with Gasteiger partial charge in [0.15, 0.2) is 18.1 Å². The number of primary amides is 1. The number of carboxylic acid groups (broad SMARTS) is 1.